The summed E-state index contributed by atoms with van der Waals surface area (Å²) in [5.41, 5.74) is 1.38. The van der Waals surface area contributed by atoms with Crippen molar-refractivity contribution in [2.45, 2.75) is 51.7 Å². The molecule has 116 valence electrons. The molecule has 1 aliphatic heterocycles. The molecule has 3 atom stereocenters. The second-order valence-corrected chi connectivity index (χ2v) is 7.30. The normalized spacial score (nSPS) is 28.5. The van der Waals surface area contributed by atoms with E-state index in [9.17, 15) is 0 Å². The number of rotatable bonds is 5. The van der Waals surface area contributed by atoms with Gasteiger partial charge in [-0.05, 0) is 42.4 Å². The molecule has 0 spiro atoms. The predicted molar refractivity (Wildman–Crippen MR) is 89.6 cm³/mol. The van der Waals surface area contributed by atoms with Crippen molar-refractivity contribution in [3.05, 3.63) is 34.9 Å². The van der Waals surface area contributed by atoms with Crippen molar-refractivity contribution in [2.75, 3.05) is 13.1 Å². The molecule has 2 aliphatic rings. The van der Waals surface area contributed by atoms with Crippen LogP contribution in [0.1, 0.15) is 38.7 Å². The van der Waals surface area contributed by atoms with Crippen LogP contribution in [-0.2, 0) is 6.54 Å². The number of halogens is 1. The molecule has 21 heavy (non-hydrogen) atoms. The van der Waals surface area contributed by atoms with E-state index >= 15 is 0 Å². The van der Waals surface area contributed by atoms with Crippen molar-refractivity contribution in [3.63, 3.8) is 0 Å². The summed E-state index contributed by atoms with van der Waals surface area (Å²) in [6.45, 7) is 8.08. The first-order chi connectivity index (χ1) is 10.2. The van der Waals surface area contributed by atoms with Crippen LogP contribution in [0.2, 0.25) is 5.02 Å². The maximum absolute atomic E-state index is 6.01. The molecule has 1 N–H and O–H groups in total. The zero-order valence-corrected chi connectivity index (χ0v) is 13.9. The topological polar surface area (TPSA) is 15.3 Å². The highest BCUT2D eigenvalue weighted by molar-refractivity contribution is 6.30. The minimum Gasteiger partial charge on any atom is -0.311 e. The lowest BCUT2D eigenvalue weighted by atomic mass is 9.93. The molecule has 2 nitrogen and oxygen atoms in total. The van der Waals surface area contributed by atoms with Gasteiger partial charge >= 0.3 is 0 Å². The van der Waals surface area contributed by atoms with Crippen molar-refractivity contribution >= 4 is 11.6 Å². The number of nitrogens with zero attached hydrogens (tertiary/aromatic N) is 1. The van der Waals surface area contributed by atoms with E-state index in [0.29, 0.717) is 12.1 Å². The fourth-order valence-electron chi connectivity index (χ4n) is 3.51. The third kappa shape index (κ3) is 3.80. The summed E-state index contributed by atoms with van der Waals surface area (Å²) in [4.78, 5) is 2.71. The molecule has 1 heterocycles. The third-order valence-corrected chi connectivity index (χ3v) is 5.53. The van der Waals surface area contributed by atoms with Crippen molar-refractivity contribution in [2.24, 2.45) is 11.8 Å². The van der Waals surface area contributed by atoms with E-state index in [-0.39, 0.29) is 0 Å². The summed E-state index contributed by atoms with van der Waals surface area (Å²) in [5.74, 6) is 1.67. The maximum atomic E-state index is 6.01. The Kier molecular flexibility index (Phi) is 4.88. The van der Waals surface area contributed by atoms with Gasteiger partial charge in [-0.3, -0.25) is 4.90 Å². The standard InChI is InChI=1S/C18H27ClN2/c1-3-13(2)18-10-20-17(15-6-7-15)12-21(18)11-14-4-8-16(19)9-5-14/h4-5,8-9,13,15,17-18,20H,3,6-7,10-12H2,1-2H3. The van der Waals surface area contributed by atoms with Crippen LogP contribution in [-0.4, -0.2) is 30.1 Å². The molecule has 0 aromatic heterocycles. The van der Waals surface area contributed by atoms with Crippen molar-refractivity contribution in [1.82, 2.24) is 10.2 Å². The Morgan fingerprint density at radius 1 is 1.29 bits per heavy atom. The van der Waals surface area contributed by atoms with Gasteiger partial charge in [0.15, 0.2) is 0 Å². The second kappa shape index (κ2) is 6.68. The monoisotopic (exact) mass is 306 g/mol. The zero-order valence-electron chi connectivity index (χ0n) is 13.2. The number of benzene rings is 1. The molecule has 2 fully saturated rings. The minimum atomic E-state index is 0.653. The average Bonchev–Trinajstić information content (AvgIpc) is 3.33. The summed E-state index contributed by atoms with van der Waals surface area (Å²) in [5, 5.41) is 4.64. The van der Waals surface area contributed by atoms with Crippen LogP contribution < -0.4 is 5.32 Å². The fourth-order valence-corrected chi connectivity index (χ4v) is 3.63. The largest absolute Gasteiger partial charge is 0.311 e. The fraction of sp³-hybridized carbons (Fsp3) is 0.667. The summed E-state index contributed by atoms with van der Waals surface area (Å²) in [7, 11) is 0. The quantitative estimate of drug-likeness (QED) is 0.886. The predicted octanol–water partition coefficient (Wildman–Crippen LogP) is 3.94. The Hall–Kier alpha value is -0.570. The number of hydrogen-bond acceptors (Lipinski definition) is 2. The van der Waals surface area contributed by atoms with Crippen LogP contribution >= 0.6 is 11.6 Å². The Morgan fingerprint density at radius 3 is 2.62 bits per heavy atom. The maximum Gasteiger partial charge on any atom is 0.0406 e. The lowest BCUT2D eigenvalue weighted by Gasteiger charge is -2.43. The van der Waals surface area contributed by atoms with Gasteiger partial charge < -0.3 is 5.32 Å². The number of nitrogens with one attached hydrogen (secondary N) is 1. The van der Waals surface area contributed by atoms with Crippen LogP contribution in [0, 0.1) is 11.8 Å². The number of hydrogen-bond donors (Lipinski definition) is 1. The smallest absolute Gasteiger partial charge is 0.0406 e. The van der Waals surface area contributed by atoms with E-state index in [2.05, 4.69) is 36.2 Å². The number of piperazine rings is 1. The highest BCUT2D eigenvalue weighted by Crippen LogP contribution is 2.35. The Bertz CT molecular complexity index is 455. The molecule has 1 aromatic carbocycles. The van der Waals surface area contributed by atoms with Crippen molar-refractivity contribution < 1.29 is 0 Å². The first-order valence-corrected chi connectivity index (χ1v) is 8.77. The Morgan fingerprint density at radius 2 is 2.00 bits per heavy atom. The first-order valence-electron chi connectivity index (χ1n) is 8.39. The highest BCUT2D eigenvalue weighted by atomic mass is 35.5. The van der Waals surface area contributed by atoms with Gasteiger partial charge in [0, 0.05) is 36.7 Å². The van der Waals surface area contributed by atoms with E-state index in [1.807, 2.05) is 12.1 Å². The van der Waals surface area contributed by atoms with Crippen LogP contribution in [0.4, 0.5) is 0 Å². The Balaban J connectivity index is 1.70. The van der Waals surface area contributed by atoms with Gasteiger partial charge in [0.1, 0.15) is 0 Å². The first kappa shape index (κ1) is 15.3. The molecule has 1 saturated heterocycles. The van der Waals surface area contributed by atoms with Crippen molar-refractivity contribution in [3.8, 4) is 0 Å². The van der Waals surface area contributed by atoms with Crippen LogP contribution in [0.3, 0.4) is 0 Å². The molecule has 3 unspecified atom stereocenters. The van der Waals surface area contributed by atoms with E-state index < -0.39 is 0 Å². The highest BCUT2D eigenvalue weighted by Gasteiger charge is 2.38. The van der Waals surface area contributed by atoms with Gasteiger partial charge in [0.2, 0.25) is 0 Å². The molecule has 0 radical (unpaired) electrons. The molecule has 1 saturated carbocycles. The lowest BCUT2D eigenvalue weighted by molar-refractivity contribution is 0.0787. The van der Waals surface area contributed by atoms with Crippen LogP contribution in [0.15, 0.2) is 24.3 Å². The van der Waals surface area contributed by atoms with Gasteiger partial charge in [-0.25, -0.2) is 0 Å². The van der Waals surface area contributed by atoms with Gasteiger partial charge in [-0.1, -0.05) is 44.0 Å². The molecule has 0 bridgehead atoms. The molecular formula is C18H27ClN2. The summed E-state index contributed by atoms with van der Waals surface area (Å²) in [6.07, 6.45) is 4.08. The molecule has 1 aliphatic carbocycles. The zero-order chi connectivity index (χ0) is 14.8. The summed E-state index contributed by atoms with van der Waals surface area (Å²) >= 11 is 6.01. The van der Waals surface area contributed by atoms with E-state index in [0.717, 1.165) is 29.9 Å². The second-order valence-electron chi connectivity index (χ2n) is 6.86. The lowest BCUT2D eigenvalue weighted by Crippen LogP contribution is -2.58. The SMILES string of the molecule is CCC(C)C1CNC(C2CC2)CN1Cc1ccc(Cl)cc1. The van der Waals surface area contributed by atoms with E-state index in [1.165, 1.54) is 31.4 Å². The van der Waals surface area contributed by atoms with Gasteiger partial charge in [-0.15, -0.1) is 0 Å². The van der Waals surface area contributed by atoms with E-state index in [4.69, 9.17) is 11.6 Å². The summed E-state index contributed by atoms with van der Waals surface area (Å²) < 4.78 is 0. The molecule has 3 heteroatoms. The minimum absolute atomic E-state index is 0.653. The molecule has 3 rings (SSSR count). The summed E-state index contributed by atoms with van der Waals surface area (Å²) in [6, 6.07) is 9.72. The van der Waals surface area contributed by atoms with Crippen LogP contribution in [0.25, 0.3) is 0 Å². The van der Waals surface area contributed by atoms with Gasteiger partial charge in [0.05, 0.1) is 0 Å². The van der Waals surface area contributed by atoms with Crippen LogP contribution in [0.5, 0.6) is 0 Å². The van der Waals surface area contributed by atoms with E-state index in [1.54, 1.807) is 0 Å². The average molecular weight is 307 g/mol. The Labute approximate surface area is 133 Å². The van der Waals surface area contributed by atoms with Crippen molar-refractivity contribution in [1.29, 1.82) is 0 Å². The van der Waals surface area contributed by atoms with Gasteiger partial charge in [-0.2, -0.15) is 0 Å². The third-order valence-electron chi connectivity index (χ3n) is 5.28. The molecule has 0 amide bonds. The molecule has 1 aromatic rings. The molecular weight excluding hydrogens is 280 g/mol. The van der Waals surface area contributed by atoms with Gasteiger partial charge in [0.25, 0.3) is 0 Å².